The van der Waals surface area contributed by atoms with E-state index in [0.29, 0.717) is 6.42 Å². The third-order valence-corrected chi connectivity index (χ3v) is 2.73. The van der Waals surface area contributed by atoms with Gasteiger partial charge in [0.2, 0.25) is 0 Å². The predicted octanol–water partition coefficient (Wildman–Crippen LogP) is 2.37. The Labute approximate surface area is 83.8 Å². The van der Waals surface area contributed by atoms with E-state index in [1.54, 1.807) is 0 Å². The average molecular weight is 187 g/mol. The van der Waals surface area contributed by atoms with E-state index in [0.717, 1.165) is 17.0 Å². The van der Waals surface area contributed by atoms with Crippen LogP contribution in [0.3, 0.4) is 0 Å². The van der Waals surface area contributed by atoms with Gasteiger partial charge in [0.15, 0.2) is 5.78 Å². The third kappa shape index (κ3) is 1.33. The smallest absolute Gasteiger partial charge is 0.166 e. The van der Waals surface area contributed by atoms with Crippen molar-refractivity contribution in [3.63, 3.8) is 0 Å². The van der Waals surface area contributed by atoms with Gasteiger partial charge < -0.3 is 4.90 Å². The maximum absolute atomic E-state index is 11.1. The first kappa shape index (κ1) is 9.00. The lowest BCUT2D eigenvalue weighted by atomic mass is 9.93. The van der Waals surface area contributed by atoms with Gasteiger partial charge >= 0.3 is 0 Å². The van der Waals surface area contributed by atoms with Crippen LogP contribution in [-0.4, -0.2) is 12.8 Å². The summed E-state index contributed by atoms with van der Waals surface area (Å²) in [6.45, 7) is 1.89. The standard InChI is InChI=1S/C12H13NO/c1-9-11(8-12(9)14)13(2)10-6-4-3-5-7-10/h3-7H,8H2,1-2H3. The highest BCUT2D eigenvalue weighted by atomic mass is 16.1. The molecule has 0 atom stereocenters. The van der Waals surface area contributed by atoms with E-state index in [4.69, 9.17) is 0 Å². The summed E-state index contributed by atoms with van der Waals surface area (Å²) < 4.78 is 0. The Morgan fingerprint density at radius 3 is 2.36 bits per heavy atom. The fourth-order valence-corrected chi connectivity index (χ4v) is 1.65. The molecule has 0 radical (unpaired) electrons. The van der Waals surface area contributed by atoms with Gasteiger partial charge in [0.05, 0.1) is 6.42 Å². The largest absolute Gasteiger partial charge is 0.347 e. The van der Waals surface area contributed by atoms with Crippen LogP contribution < -0.4 is 4.90 Å². The molecular weight excluding hydrogens is 174 g/mol. The lowest BCUT2D eigenvalue weighted by Gasteiger charge is -2.29. The van der Waals surface area contributed by atoms with E-state index in [1.807, 2.05) is 44.3 Å². The minimum atomic E-state index is 0.266. The molecule has 1 aliphatic rings. The number of nitrogens with zero attached hydrogens (tertiary/aromatic N) is 1. The summed E-state index contributed by atoms with van der Waals surface area (Å²) >= 11 is 0. The number of rotatable bonds is 2. The Hall–Kier alpha value is -1.57. The van der Waals surface area contributed by atoms with Crippen molar-refractivity contribution in [1.29, 1.82) is 0 Å². The second-order valence-electron chi connectivity index (χ2n) is 3.57. The van der Waals surface area contributed by atoms with E-state index in [2.05, 4.69) is 4.90 Å². The van der Waals surface area contributed by atoms with Crippen LogP contribution in [0.2, 0.25) is 0 Å². The lowest BCUT2D eigenvalue weighted by molar-refractivity contribution is -0.116. The molecule has 0 aromatic heterocycles. The summed E-state index contributed by atoms with van der Waals surface area (Å²) in [5, 5.41) is 0. The van der Waals surface area contributed by atoms with Crippen LogP contribution in [-0.2, 0) is 4.79 Å². The van der Waals surface area contributed by atoms with Crippen LogP contribution in [0.4, 0.5) is 5.69 Å². The number of benzene rings is 1. The fourth-order valence-electron chi connectivity index (χ4n) is 1.65. The van der Waals surface area contributed by atoms with Gasteiger partial charge in [-0.05, 0) is 19.1 Å². The molecule has 0 bridgehead atoms. The monoisotopic (exact) mass is 187 g/mol. The quantitative estimate of drug-likeness (QED) is 0.708. The normalized spacial score (nSPS) is 15.4. The summed E-state index contributed by atoms with van der Waals surface area (Å²) in [5.74, 6) is 0.266. The first-order valence-electron chi connectivity index (χ1n) is 4.72. The van der Waals surface area contributed by atoms with Crippen molar-refractivity contribution in [2.24, 2.45) is 0 Å². The molecule has 1 aromatic rings. The number of allylic oxidation sites excluding steroid dienone is 2. The fraction of sp³-hybridized carbons (Fsp3) is 0.250. The molecule has 0 aliphatic heterocycles. The number of ketones is 1. The van der Waals surface area contributed by atoms with Gasteiger partial charge in [0, 0.05) is 24.0 Å². The molecule has 2 nitrogen and oxygen atoms in total. The van der Waals surface area contributed by atoms with Crippen molar-refractivity contribution in [3.05, 3.63) is 41.6 Å². The first-order chi connectivity index (χ1) is 6.70. The number of hydrogen-bond donors (Lipinski definition) is 0. The molecule has 2 rings (SSSR count). The topological polar surface area (TPSA) is 20.3 Å². The highest BCUT2D eigenvalue weighted by molar-refractivity contribution is 6.05. The molecule has 72 valence electrons. The molecule has 2 heteroatoms. The molecule has 1 aromatic carbocycles. The number of para-hydroxylation sites is 1. The highest BCUT2D eigenvalue weighted by Gasteiger charge is 2.26. The zero-order chi connectivity index (χ0) is 10.1. The van der Waals surface area contributed by atoms with Gasteiger partial charge in [-0.1, -0.05) is 18.2 Å². The zero-order valence-electron chi connectivity index (χ0n) is 8.45. The number of anilines is 1. The second-order valence-corrected chi connectivity index (χ2v) is 3.57. The molecule has 0 fully saturated rings. The van der Waals surface area contributed by atoms with E-state index in [1.165, 1.54) is 0 Å². The van der Waals surface area contributed by atoms with Gasteiger partial charge in [-0.2, -0.15) is 0 Å². The van der Waals surface area contributed by atoms with Crippen molar-refractivity contribution >= 4 is 11.5 Å². The van der Waals surface area contributed by atoms with Crippen LogP contribution in [0, 0.1) is 0 Å². The Morgan fingerprint density at radius 2 is 1.86 bits per heavy atom. The van der Waals surface area contributed by atoms with E-state index < -0.39 is 0 Å². The number of Topliss-reactive ketones (excluding diaryl/α,β-unsaturated/α-hetero) is 1. The van der Waals surface area contributed by atoms with Gasteiger partial charge in [-0.25, -0.2) is 0 Å². The van der Waals surface area contributed by atoms with E-state index >= 15 is 0 Å². The molecule has 0 saturated carbocycles. The molecule has 0 spiro atoms. The van der Waals surface area contributed by atoms with Gasteiger partial charge in [0.1, 0.15) is 0 Å². The molecule has 0 amide bonds. The zero-order valence-corrected chi connectivity index (χ0v) is 8.45. The van der Waals surface area contributed by atoms with E-state index in [9.17, 15) is 4.79 Å². The summed E-state index contributed by atoms with van der Waals surface area (Å²) in [4.78, 5) is 13.2. The average Bonchev–Trinajstić information content (AvgIpc) is 2.25. The number of carbonyl (C=O) groups excluding carboxylic acids is 1. The second kappa shape index (κ2) is 3.29. The SMILES string of the molecule is CC1=C(N(C)c2ccccc2)CC1=O. The van der Waals surface area contributed by atoms with Gasteiger partial charge in [-0.15, -0.1) is 0 Å². The van der Waals surface area contributed by atoms with E-state index in [-0.39, 0.29) is 5.78 Å². The maximum Gasteiger partial charge on any atom is 0.166 e. The maximum atomic E-state index is 11.1. The van der Waals surface area contributed by atoms with Crippen LogP contribution in [0.5, 0.6) is 0 Å². The summed E-state index contributed by atoms with van der Waals surface area (Å²) in [5.41, 5.74) is 3.17. The van der Waals surface area contributed by atoms with Gasteiger partial charge in [-0.3, -0.25) is 4.79 Å². The lowest BCUT2D eigenvalue weighted by Crippen LogP contribution is -2.29. The number of hydrogen-bond acceptors (Lipinski definition) is 2. The minimum Gasteiger partial charge on any atom is -0.347 e. The van der Waals surface area contributed by atoms with Crippen LogP contribution >= 0.6 is 0 Å². The summed E-state index contributed by atoms with van der Waals surface area (Å²) in [6.07, 6.45) is 0.581. The minimum absolute atomic E-state index is 0.266. The Kier molecular flexibility index (Phi) is 2.12. The molecule has 1 aliphatic carbocycles. The molecule has 14 heavy (non-hydrogen) atoms. The predicted molar refractivity (Wildman–Crippen MR) is 57.2 cm³/mol. The van der Waals surface area contributed by atoms with Crippen molar-refractivity contribution in [1.82, 2.24) is 0 Å². The van der Waals surface area contributed by atoms with Crippen molar-refractivity contribution in [2.75, 3.05) is 11.9 Å². The Balaban J connectivity index is 2.27. The molecule has 0 saturated heterocycles. The Morgan fingerprint density at radius 1 is 1.21 bits per heavy atom. The molecular formula is C12H13NO. The summed E-state index contributed by atoms with van der Waals surface area (Å²) in [7, 11) is 2.00. The van der Waals surface area contributed by atoms with Crippen molar-refractivity contribution in [2.45, 2.75) is 13.3 Å². The third-order valence-electron chi connectivity index (χ3n) is 2.73. The number of carbonyl (C=O) groups is 1. The highest BCUT2D eigenvalue weighted by Crippen LogP contribution is 2.29. The van der Waals surface area contributed by atoms with Crippen LogP contribution in [0.15, 0.2) is 41.6 Å². The van der Waals surface area contributed by atoms with Crippen molar-refractivity contribution < 1.29 is 4.79 Å². The van der Waals surface area contributed by atoms with Gasteiger partial charge in [0.25, 0.3) is 0 Å². The molecule has 0 N–H and O–H groups in total. The molecule has 0 unspecified atom stereocenters. The van der Waals surface area contributed by atoms with Crippen molar-refractivity contribution in [3.8, 4) is 0 Å². The first-order valence-corrected chi connectivity index (χ1v) is 4.72. The van der Waals surface area contributed by atoms with Crippen LogP contribution in [0.25, 0.3) is 0 Å². The Bertz CT molecular complexity index is 392. The molecule has 0 heterocycles. The van der Waals surface area contributed by atoms with Crippen LogP contribution in [0.1, 0.15) is 13.3 Å². The summed E-state index contributed by atoms with van der Waals surface area (Å²) in [6, 6.07) is 10.1.